The molecule has 0 aliphatic carbocycles. The molecule has 1 fully saturated rings. The van der Waals surface area contributed by atoms with Crippen molar-refractivity contribution in [2.24, 2.45) is 0 Å². The highest BCUT2D eigenvalue weighted by atomic mass is 32.2. The number of ether oxygens (including phenoxy) is 1. The Labute approximate surface area is 180 Å². The molecule has 1 saturated heterocycles. The fourth-order valence-electron chi connectivity index (χ4n) is 3.27. The Balaban J connectivity index is 1.76. The van der Waals surface area contributed by atoms with E-state index in [1.807, 2.05) is 0 Å². The van der Waals surface area contributed by atoms with Crippen molar-refractivity contribution < 1.29 is 27.1 Å². The van der Waals surface area contributed by atoms with Crippen molar-refractivity contribution in [2.75, 3.05) is 44.1 Å². The minimum atomic E-state index is -4.07. The maximum atomic E-state index is 14.1. The van der Waals surface area contributed by atoms with Gasteiger partial charge in [0.1, 0.15) is 5.82 Å². The van der Waals surface area contributed by atoms with Crippen molar-refractivity contribution in [2.45, 2.75) is 11.8 Å². The van der Waals surface area contributed by atoms with Crippen molar-refractivity contribution in [3.05, 3.63) is 59.9 Å². The van der Waals surface area contributed by atoms with Crippen LogP contribution in [0.3, 0.4) is 0 Å². The highest BCUT2D eigenvalue weighted by Gasteiger charge is 2.28. The first-order chi connectivity index (χ1) is 14.8. The summed E-state index contributed by atoms with van der Waals surface area (Å²) in [4.78, 5) is 27.7. The molecule has 0 atom stereocenters. The number of nitrogens with zero attached hydrogens (tertiary/aromatic N) is 3. The van der Waals surface area contributed by atoms with Crippen LogP contribution in [0.1, 0.15) is 17.3 Å². The van der Waals surface area contributed by atoms with Crippen LogP contribution in [0, 0.1) is 5.82 Å². The van der Waals surface area contributed by atoms with Gasteiger partial charge < -0.3 is 14.5 Å². The first kappa shape index (κ1) is 22.5. The number of carbonyl (C=O) groups excluding carboxylic acids is 2. The highest BCUT2D eigenvalue weighted by Crippen LogP contribution is 2.25. The van der Waals surface area contributed by atoms with Gasteiger partial charge in [0.05, 0.1) is 17.2 Å². The number of rotatable bonds is 5. The van der Waals surface area contributed by atoms with Gasteiger partial charge in [-0.2, -0.15) is 0 Å². The van der Waals surface area contributed by atoms with Gasteiger partial charge in [0.2, 0.25) is 0 Å². The number of amides is 2. The largest absolute Gasteiger partial charge is 0.450 e. The number of hydrogen-bond donors (Lipinski definition) is 0. The summed E-state index contributed by atoms with van der Waals surface area (Å²) in [5.74, 6) is -1.01. The summed E-state index contributed by atoms with van der Waals surface area (Å²) in [5.41, 5.74) is 0.113. The lowest BCUT2D eigenvalue weighted by Crippen LogP contribution is -2.50. The summed E-state index contributed by atoms with van der Waals surface area (Å²) in [6.45, 7) is 3.29. The third-order valence-electron chi connectivity index (χ3n) is 5.02. The Hall–Kier alpha value is -3.14. The zero-order chi connectivity index (χ0) is 22.6. The number of para-hydroxylation sites is 1. The summed E-state index contributed by atoms with van der Waals surface area (Å²) in [6.07, 6.45) is -0.418. The smallest absolute Gasteiger partial charge is 0.409 e. The number of halogens is 1. The Morgan fingerprint density at radius 3 is 2.32 bits per heavy atom. The Morgan fingerprint density at radius 2 is 1.68 bits per heavy atom. The van der Waals surface area contributed by atoms with E-state index in [0.717, 1.165) is 4.31 Å². The molecule has 1 aliphatic rings. The van der Waals surface area contributed by atoms with Gasteiger partial charge >= 0.3 is 6.09 Å². The fraction of sp³-hybridized carbons (Fsp3) is 0.333. The molecule has 2 aromatic carbocycles. The van der Waals surface area contributed by atoms with E-state index in [1.165, 1.54) is 54.4 Å². The molecule has 2 aromatic rings. The Kier molecular flexibility index (Phi) is 6.79. The molecule has 8 nitrogen and oxygen atoms in total. The van der Waals surface area contributed by atoms with E-state index in [4.69, 9.17) is 4.74 Å². The predicted molar refractivity (Wildman–Crippen MR) is 113 cm³/mol. The molecule has 1 heterocycles. The molecule has 0 N–H and O–H groups in total. The van der Waals surface area contributed by atoms with Gasteiger partial charge in [-0.05, 0) is 37.3 Å². The van der Waals surface area contributed by atoms with Crippen LogP contribution >= 0.6 is 0 Å². The second kappa shape index (κ2) is 9.34. The molecule has 31 heavy (non-hydrogen) atoms. The topological polar surface area (TPSA) is 87.2 Å². The van der Waals surface area contributed by atoms with Gasteiger partial charge in [0.15, 0.2) is 0 Å². The highest BCUT2D eigenvalue weighted by molar-refractivity contribution is 7.92. The molecule has 0 radical (unpaired) electrons. The summed E-state index contributed by atoms with van der Waals surface area (Å²) in [7, 11) is -2.81. The monoisotopic (exact) mass is 449 g/mol. The number of carbonyl (C=O) groups is 2. The minimum absolute atomic E-state index is 0.0886. The fourth-order valence-corrected chi connectivity index (χ4v) is 4.52. The zero-order valence-corrected chi connectivity index (χ0v) is 18.1. The Morgan fingerprint density at radius 1 is 1.03 bits per heavy atom. The van der Waals surface area contributed by atoms with Crippen LogP contribution in [0.5, 0.6) is 0 Å². The van der Waals surface area contributed by atoms with Crippen LogP contribution in [0.25, 0.3) is 0 Å². The van der Waals surface area contributed by atoms with E-state index in [9.17, 15) is 22.4 Å². The molecule has 0 aromatic heterocycles. The van der Waals surface area contributed by atoms with E-state index < -0.39 is 21.9 Å². The maximum absolute atomic E-state index is 14.1. The number of piperazine rings is 1. The third kappa shape index (κ3) is 4.79. The van der Waals surface area contributed by atoms with Gasteiger partial charge in [-0.25, -0.2) is 17.6 Å². The summed E-state index contributed by atoms with van der Waals surface area (Å²) in [6, 6.07) is 11.2. The molecule has 3 rings (SSSR count). The predicted octanol–water partition coefficient (Wildman–Crippen LogP) is 2.57. The zero-order valence-electron chi connectivity index (χ0n) is 17.3. The molecule has 0 spiro atoms. The normalized spacial score (nSPS) is 14.3. The summed E-state index contributed by atoms with van der Waals surface area (Å²) < 4.78 is 45.9. The molecule has 0 bridgehead atoms. The van der Waals surface area contributed by atoms with E-state index in [-0.39, 0.29) is 28.7 Å². The third-order valence-corrected chi connectivity index (χ3v) is 6.79. The van der Waals surface area contributed by atoms with Crippen molar-refractivity contribution in [1.29, 1.82) is 0 Å². The lowest BCUT2D eigenvalue weighted by molar-refractivity contribution is 0.0570. The van der Waals surface area contributed by atoms with Crippen LogP contribution < -0.4 is 4.31 Å². The van der Waals surface area contributed by atoms with Crippen LogP contribution in [0.15, 0.2) is 53.4 Å². The molecule has 0 unspecified atom stereocenters. The van der Waals surface area contributed by atoms with Crippen molar-refractivity contribution in [3.8, 4) is 0 Å². The number of hydrogen-bond acceptors (Lipinski definition) is 5. The standard InChI is InChI=1S/C21H24FN3O5S/c1-3-30-21(27)25-13-11-24(12-14-25)20(26)16-7-6-8-17(15-16)31(28,29)23(2)19-10-5-4-9-18(19)22/h4-10,15H,3,11-14H2,1-2H3. The minimum Gasteiger partial charge on any atom is -0.450 e. The number of benzene rings is 2. The van der Waals surface area contributed by atoms with Gasteiger partial charge in [0.25, 0.3) is 15.9 Å². The van der Waals surface area contributed by atoms with E-state index in [1.54, 1.807) is 17.9 Å². The van der Waals surface area contributed by atoms with Gasteiger partial charge in [-0.15, -0.1) is 0 Å². The lowest BCUT2D eigenvalue weighted by atomic mass is 10.2. The van der Waals surface area contributed by atoms with E-state index in [2.05, 4.69) is 0 Å². The summed E-state index contributed by atoms with van der Waals surface area (Å²) in [5, 5.41) is 0. The van der Waals surface area contributed by atoms with Crippen molar-refractivity contribution in [3.63, 3.8) is 0 Å². The molecule has 2 amide bonds. The van der Waals surface area contributed by atoms with Crippen LogP contribution in [0.2, 0.25) is 0 Å². The van der Waals surface area contributed by atoms with Gasteiger partial charge in [-0.1, -0.05) is 18.2 Å². The van der Waals surface area contributed by atoms with Crippen LogP contribution in [-0.2, 0) is 14.8 Å². The average molecular weight is 450 g/mol. The molecule has 0 saturated carbocycles. The van der Waals surface area contributed by atoms with Gasteiger partial charge in [-0.3, -0.25) is 9.10 Å². The first-order valence-corrected chi connectivity index (χ1v) is 11.2. The van der Waals surface area contributed by atoms with Gasteiger partial charge in [0, 0.05) is 38.8 Å². The molecule has 1 aliphatic heterocycles. The van der Waals surface area contributed by atoms with Crippen molar-refractivity contribution >= 4 is 27.7 Å². The number of anilines is 1. The SMILES string of the molecule is CCOC(=O)N1CCN(C(=O)c2cccc(S(=O)(=O)N(C)c3ccccc3F)c2)CC1. The van der Waals surface area contributed by atoms with Crippen LogP contribution in [-0.4, -0.2) is 70.1 Å². The second-order valence-corrected chi connectivity index (χ2v) is 8.90. The molecule has 10 heteroatoms. The summed E-state index contributed by atoms with van der Waals surface area (Å²) >= 11 is 0. The average Bonchev–Trinajstić information content (AvgIpc) is 2.79. The van der Waals surface area contributed by atoms with Crippen LogP contribution in [0.4, 0.5) is 14.9 Å². The van der Waals surface area contributed by atoms with E-state index in [0.29, 0.717) is 26.2 Å². The van der Waals surface area contributed by atoms with E-state index >= 15 is 0 Å². The second-order valence-electron chi connectivity index (χ2n) is 6.93. The Bertz CT molecular complexity index is 1070. The first-order valence-electron chi connectivity index (χ1n) is 9.80. The number of sulfonamides is 1. The maximum Gasteiger partial charge on any atom is 0.409 e. The molecule has 166 valence electrons. The lowest BCUT2D eigenvalue weighted by Gasteiger charge is -2.34. The van der Waals surface area contributed by atoms with Crippen molar-refractivity contribution in [1.82, 2.24) is 9.80 Å². The molecular formula is C21H24FN3O5S. The quantitative estimate of drug-likeness (QED) is 0.700. The molecular weight excluding hydrogens is 425 g/mol.